The van der Waals surface area contributed by atoms with Crippen LogP contribution in [0.5, 0.6) is 5.75 Å². The Labute approximate surface area is 146 Å². The second kappa shape index (κ2) is 10.2. The third-order valence-electron chi connectivity index (χ3n) is 4.18. The number of piperidine rings is 1. The van der Waals surface area contributed by atoms with E-state index in [2.05, 4.69) is 36.2 Å². The van der Waals surface area contributed by atoms with Gasteiger partial charge in [-0.3, -0.25) is 0 Å². The lowest BCUT2D eigenvalue weighted by Crippen LogP contribution is -2.46. The largest absolute Gasteiger partial charge is 0.491 e. The summed E-state index contributed by atoms with van der Waals surface area (Å²) in [4.78, 5) is 7.21. The molecule has 1 aromatic rings. The standard InChI is InChI=1S/C19H31N3O2/c1-4-20-19(22-11-5-6-16(2)15-22)21-14-17-7-9-18(10-8-17)24-13-12-23-3/h7-10,16H,4-6,11-15H2,1-3H3,(H,20,21). The summed E-state index contributed by atoms with van der Waals surface area (Å²) in [7, 11) is 1.68. The van der Waals surface area contributed by atoms with Gasteiger partial charge >= 0.3 is 0 Å². The second-order valence-corrected chi connectivity index (χ2v) is 6.35. The van der Waals surface area contributed by atoms with Crippen LogP contribution >= 0.6 is 0 Å². The molecule has 1 N–H and O–H groups in total. The van der Waals surface area contributed by atoms with Crippen LogP contribution in [-0.4, -0.2) is 50.8 Å². The van der Waals surface area contributed by atoms with E-state index >= 15 is 0 Å². The molecule has 1 fully saturated rings. The number of benzene rings is 1. The van der Waals surface area contributed by atoms with E-state index in [1.54, 1.807) is 7.11 Å². The van der Waals surface area contributed by atoms with Crippen LogP contribution in [0.4, 0.5) is 0 Å². The molecule has 2 rings (SSSR count). The zero-order valence-corrected chi connectivity index (χ0v) is 15.3. The summed E-state index contributed by atoms with van der Waals surface area (Å²) in [6, 6.07) is 8.15. The smallest absolute Gasteiger partial charge is 0.194 e. The van der Waals surface area contributed by atoms with E-state index in [0.717, 1.165) is 37.3 Å². The molecule has 1 aromatic carbocycles. The molecule has 1 aliphatic heterocycles. The van der Waals surface area contributed by atoms with Gasteiger partial charge in [-0.15, -0.1) is 0 Å². The predicted octanol–water partition coefficient (Wildman–Crippen LogP) is 2.91. The van der Waals surface area contributed by atoms with Gasteiger partial charge in [0.15, 0.2) is 5.96 Å². The number of hydrogen-bond donors (Lipinski definition) is 1. The summed E-state index contributed by atoms with van der Waals surface area (Å²) in [5, 5.41) is 3.43. The van der Waals surface area contributed by atoms with Crippen molar-refractivity contribution in [2.45, 2.75) is 33.2 Å². The average Bonchev–Trinajstić information content (AvgIpc) is 2.60. The molecule has 0 spiro atoms. The number of likely N-dealkylation sites (tertiary alicyclic amines) is 1. The second-order valence-electron chi connectivity index (χ2n) is 6.35. The van der Waals surface area contributed by atoms with E-state index in [1.165, 1.54) is 18.4 Å². The highest BCUT2D eigenvalue weighted by Gasteiger charge is 2.18. The monoisotopic (exact) mass is 333 g/mol. The fraction of sp³-hybridized carbons (Fsp3) is 0.632. The third kappa shape index (κ3) is 6.04. The normalized spacial score (nSPS) is 18.5. The van der Waals surface area contributed by atoms with Gasteiger partial charge in [-0.1, -0.05) is 19.1 Å². The van der Waals surface area contributed by atoms with E-state index in [0.29, 0.717) is 19.8 Å². The molecule has 0 amide bonds. The number of nitrogens with one attached hydrogen (secondary N) is 1. The highest BCUT2D eigenvalue weighted by molar-refractivity contribution is 5.80. The summed E-state index contributed by atoms with van der Waals surface area (Å²) < 4.78 is 10.6. The van der Waals surface area contributed by atoms with Gasteiger partial charge in [-0.05, 0) is 43.4 Å². The highest BCUT2D eigenvalue weighted by atomic mass is 16.5. The maximum atomic E-state index is 5.59. The van der Waals surface area contributed by atoms with Gasteiger partial charge in [-0.25, -0.2) is 4.99 Å². The van der Waals surface area contributed by atoms with Crippen LogP contribution < -0.4 is 10.1 Å². The summed E-state index contributed by atoms with van der Waals surface area (Å²) in [5.74, 6) is 2.65. The molecule has 0 radical (unpaired) electrons. The topological polar surface area (TPSA) is 46.1 Å². The summed E-state index contributed by atoms with van der Waals surface area (Å²) >= 11 is 0. The molecule has 0 saturated carbocycles. The lowest BCUT2D eigenvalue weighted by atomic mass is 10.0. The van der Waals surface area contributed by atoms with Crippen molar-refractivity contribution < 1.29 is 9.47 Å². The minimum absolute atomic E-state index is 0.575. The highest BCUT2D eigenvalue weighted by Crippen LogP contribution is 2.16. The van der Waals surface area contributed by atoms with Crippen LogP contribution in [0.15, 0.2) is 29.3 Å². The van der Waals surface area contributed by atoms with Crippen LogP contribution in [0.3, 0.4) is 0 Å². The van der Waals surface area contributed by atoms with Crippen molar-refractivity contribution in [1.82, 2.24) is 10.2 Å². The van der Waals surface area contributed by atoms with Crippen LogP contribution in [0.1, 0.15) is 32.3 Å². The first-order valence-electron chi connectivity index (χ1n) is 8.97. The SMILES string of the molecule is CCNC(=NCc1ccc(OCCOC)cc1)N1CCCC(C)C1. The zero-order valence-electron chi connectivity index (χ0n) is 15.3. The Balaban J connectivity index is 1.92. The van der Waals surface area contributed by atoms with Crippen LogP contribution in [-0.2, 0) is 11.3 Å². The first-order valence-corrected chi connectivity index (χ1v) is 8.97. The maximum absolute atomic E-state index is 5.59. The summed E-state index contributed by atoms with van der Waals surface area (Å²) in [6.07, 6.45) is 2.57. The van der Waals surface area contributed by atoms with Crippen molar-refractivity contribution >= 4 is 5.96 Å². The first kappa shape index (κ1) is 18.6. The van der Waals surface area contributed by atoms with Crippen molar-refractivity contribution in [3.8, 4) is 5.75 Å². The molecular formula is C19H31N3O2. The average molecular weight is 333 g/mol. The van der Waals surface area contributed by atoms with Crippen molar-refractivity contribution in [1.29, 1.82) is 0 Å². The number of methoxy groups -OCH3 is 1. The Hall–Kier alpha value is -1.75. The first-order chi connectivity index (χ1) is 11.7. The summed E-state index contributed by atoms with van der Waals surface area (Å²) in [5.41, 5.74) is 1.19. The lowest BCUT2D eigenvalue weighted by molar-refractivity contribution is 0.146. The van der Waals surface area contributed by atoms with Crippen molar-refractivity contribution in [3.63, 3.8) is 0 Å². The molecule has 5 nitrogen and oxygen atoms in total. The molecular weight excluding hydrogens is 302 g/mol. The quantitative estimate of drug-likeness (QED) is 0.473. The van der Waals surface area contributed by atoms with Gasteiger partial charge in [-0.2, -0.15) is 0 Å². The Morgan fingerprint density at radius 3 is 2.75 bits per heavy atom. The van der Waals surface area contributed by atoms with E-state index < -0.39 is 0 Å². The molecule has 1 aliphatic rings. The molecule has 1 saturated heterocycles. The molecule has 1 heterocycles. The Kier molecular flexibility index (Phi) is 7.89. The third-order valence-corrected chi connectivity index (χ3v) is 4.18. The van der Waals surface area contributed by atoms with Crippen LogP contribution in [0, 0.1) is 5.92 Å². The molecule has 0 aromatic heterocycles. The fourth-order valence-corrected chi connectivity index (χ4v) is 2.91. The number of aliphatic imine (C=N–C) groups is 1. The molecule has 24 heavy (non-hydrogen) atoms. The summed E-state index contributed by atoms with van der Waals surface area (Å²) in [6.45, 7) is 9.40. The maximum Gasteiger partial charge on any atom is 0.194 e. The van der Waals surface area contributed by atoms with E-state index in [9.17, 15) is 0 Å². The number of ether oxygens (including phenoxy) is 2. The number of guanidine groups is 1. The van der Waals surface area contributed by atoms with Crippen molar-refractivity contribution in [3.05, 3.63) is 29.8 Å². The number of hydrogen-bond acceptors (Lipinski definition) is 3. The Bertz CT molecular complexity index is 502. The minimum Gasteiger partial charge on any atom is -0.491 e. The molecule has 134 valence electrons. The van der Waals surface area contributed by atoms with E-state index in [-0.39, 0.29) is 0 Å². The van der Waals surface area contributed by atoms with Gasteiger partial charge in [0.25, 0.3) is 0 Å². The molecule has 1 unspecified atom stereocenters. The Morgan fingerprint density at radius 1 is 1.29 bits per heavy atom. The van der Waals surface area contributed by atoms with Crippen molar-refractivity contribution in [2.75, 3.05) is 40.0 Å². The molecule has 1 atom stereocenters. The van der Waals surface area contributed by atoms with Crippen LogP contribution in [0.2, 0.25) is 0 Å². The fourth-order valence-electron chi connectivity index (χ4n) is 2.91. The van der Waals surface area contributed by atoms with E-state index in [1.807, 2.05) is 12.1 Å². The number of rotatable bonds is 7. The predicted molar refractivity (Wildman–Crippen MR) is 98.6 cm³/mol. The van der Waals surface area contributed by atoms with E-state index in [4.69, 9.17) is 14.5 Å². The Morgan fingerprint density at radius 2 is 2.08 bits per heavy atom. The molecule has 0 bridgehead atoms. The van der Waals surface area contributed by atoms with Gasteiger partial charge in [0.1, 0.15) is 12.4 Å². The van der Waals surface area contributed by atoms with Crippen LogP contribution in [0.25, 0.3) is 0 Å². The number of nitrogens with zero attached hydrogens (tertiary/aromatic N) is 2. The van der Waals surface area contributed by atoms with Gasteiger partial charge in [0.05, 0.1) is 13.2 Å². The molecule has 5 heteroatoms. The molecule has 0 aliphatic carbocycles. The van der Waals surface area contributed by atoms with Gasteiger partial charge < -0.3 is 19.7 Å². The lowest BCUT2D eigenvalue weighted by Gasteiger charge is -2.33. The van der Waals surface area contributed by atoms with Gasteiger partial charge in [0.2, 0.25) is 0 Å². The van der Waals surface area contributed by atoms with Gasteiger partial charge in [0, 0.05) is 26.7 Å². The minimum atomic E-state index is 0.575. The zero-order chi connectivity index (χ0) is 17.2. The van der Waals surface area contributed by atoms with Crippen molar-refractivity contribution in [2.24, 2.45) is 10.9 Å².